The van der Waals surface area contributed by atoms with Gasteiger partial charge in [0.2, 0.25) is 0 Å². The van der Waals surface area contributed by atoms with E-state index in [-0.39, 0.29) is 11.9 Å². The second-order valence-electron chi connectivity index (χ2n) is 5.64. The van der Waals surface area contributed by atoms with E-state index in [0.29, 0.717) is 11.3 Å². The summed E-state index contributed by atoms with van der Waals surface area (Å²) in [6.45, 7) is 2.00. The standard InChI is InChI=1S/C18H18BrN3O/c1-11(17-9-12-5-3-4-6-16(12)21-17)22(2)18(23)14-10-13(20)7-8-15(14)19/h3-11,21H,20H2,1-2H3. The molecule has 0 aliphatic carbocycles. The Hall–Kier alpha value is -2.27. The second-order valence-corrected chi connectivity index (χ2v) is 6.50. The molecule has 1 unspecified atom stereocenters. The molecule has 2 aromatic carbocycles. The van der Waals surface area contributed by atoms with Crippen LogP contribution in [0.5, 0.6) is 0 Å². The summed E-state index contributed by atoms with van der Waals surface area (Å²) in [6.07, 6.45) is 0. The van der Waals surface area contributed by atoms with Crippen molar-refractivity contribution in [2.45, 2.75) is 13.0 Å². The van der Waals surface area contributed by atoms with Crippen molar-refractivity contribution in [3.8, 4) is 0 Å². The quantitative estimate of drug-likeness (QED) is 0.672. The number of rotatable bonds is 3. The minimum Gasteiger partial charge on any atom is -0.399 e. The van der Waals surface area contributed by atoms with Crippen molar-refractivity contribution < 1.29 is 4.79 Å². The van der Waals surface area contributed by atoms with Crippen LogP contribution in [-0.2, 0) is 0 Å². The van der Waals surface area contributed by atoms with Gasteiger partial charge >= 0.3 is 0 Å². The lowest BCUT2D eigenvalue weighted by Crippen LogP contribution is -2.30. The minimum atomic E-state index is -0.0803. The molecule has 0 spiro atoms. The number of benzene rings is 2. The number of para-hydroxylation sites is 1. The van der Waals surface area contributed by atoms with Crippen molar-refractivity contribution in [3.05, 3.63) is 64.3 Å². The first-order chi connectivity index (χ1) is 11.0. The van der Waals surface area contributed by atoms with Crippen LogP contribution < -0.4 is 5.73 Å². The van der Waals surface area contributed by atoms with Crippen LogP contribution in [0.25, 0.3) is 10.9 Å². The number of H-pyrrole nitrogens is 1. The van der Waals surface area contributed by atoms with Crippen molar-refractivity contribution in [3.63, 3.8) is 0 Å². The predicted octanol–water partition coefficient (Wildman–Crippen LogP) is 4.35. The highest BCUT2D eigenvalue weighted by Crippen LogP contribution is 2.27. The normalized spacial score (nSPS) is 12.3. The van der Waals surface area contributed by atoms with Gasteiger partial charge in [-0.2, -0.15) is 0 Å². The molecule has 3 aromatic rings. The maximum atomic E-state index is 12.8. The SMILES string of the molecule is CC(c1cc2ccccc2[nH]1)N(C)C(=O)c1cc(N)ccc1Br. The lowest BCUT2D eigenvalue weighted by atomic mass is 10.1. The van der Waals surface area contributed by atoms with Gasteiger partial charge in [-0.25, -0.2) is 0 Å². The third-order valence-corrected chi connectivity index (χ3v) is 4.81. The van der Waals surface area contributed by atoms with Crippen LogP contribution in [0.3, 0.4) is 0 Å². The molecule has 4 nitrogen and oxygen atoms in total. The Morgan fingerprint density at radius 1 is 1.22 bits per heavy atom. The van der Waals surface area contributed by atoms with E-state index in [2.05, 4.69) is 33.0 Å². The molecule has 0 aliphatic rings. The first-order valence-corrected chi connectivity index (χ1v) is 8.16. The minimum absolute atomic E-state index is 0.0738. The van der Waals surface area contributed by atoms with Crippen LogP contribution >= 0.6 is 15.9 Å². The van der Waals surface area contributed by atoms with E-state index in [1.807, 2.05) is 25.1 Å². The molecule has 0 fully saturated rings. The molecular weight excluding hydrogens is 354 g/mol. The van der Waals surface area contributed by atoms with Gasteiger partial charge in [0.25, 0.3) is 5.91 Å². The van der Waals surface area contributed by atoms with Gasteiger partial charge in [0, 0.05) is 28.4 Å². The van der Waals surface area contributed by atoms with Crippen molar-refractivity contribution in [2.75, 3.05) is 12.8 Å². The summed E-state index contributed by atoms with van der Waals surface area (Å²) in [5.41, 5.74) is 9.02. The Morgan fingerprint density at radius 3 is 2.70 bits per heavy atom. The lowest BCUT2D eigenvalue weighted by Gasteiger charge is -2.25. The van der Waals surface area contributed by atoms with Gasteiger partial charge in [-0.3, -0.25) is 4.79 Å². The Labute approximate surface area is 143 Å². The number of aromatic nitrogens is 1. The highest BCUT2D eigenvalue weighted by molar-refractivity contribution is 9.10. The zero-order valence-electron chi connectivity index (χ0n) is 13.0. The highest BCUT2D eigenvalue weighted by Gasteiger charge is 2.22. The fourth-order valence-corrected chi connectivity index (χ4v) is 3.02. The Balaban J connectivity index is 1.90. The van der Waals surface area contributed by atoms with Gasteiger partial charge in [0.05, 0.1) is 11.6 Å². The molecule has 1 atom stereocenters. The Bertz CT molecular complexity index is 839. The van der Waals surface area contributed by atoms with Crippen molar-refractivity contribution in [1.29, 1.82) is 0 Å². The first-order valence-electron chi connectivity index (χ1n) is 7.37. The molecule has 0 bridgehead atoms. The Kier molecular flexibility index (Phi) is 4.13. The van der Waals surface area contributed by atoms with Gasteiger partial charge in [-0.05, 0) is 58.6 Å². The number of amides is 1. The average Bonchev–Trinajstić information content (AvgIpc) is 2.99. The number of hydrogen-bond donors (Lipinski definition) is 2. The first kappa shape index (κ1) is 15.6. The zero-order valence-corrected chi connectivity index (χ0v) is 14.6. The largest absolute Gasteiger partial charge is 0.399 e. The summed E-state index contributed by atoms with van der Waals surface area (Å²) in [5.74, 6) is -0.0738. The zero-order chi connectivity index (χ0) is 16.6. The van der Waals surface area contributed by atoms with E-state index in [1.54, 1.807) is 30.1 Å². The maximum absolute atomic E-state index is 12.8. The van der Waals surface area contributed by atoms with Crippen LogP contribution in [0, 0.1) is 0 Å². The van der Waals surface area contributed by atoms with Gasteiger partial charge in [0.1, 0.15) is 0 Å². The molecule has 0 saturated heterocycles. The summed E-state index contributed by atoms with van der Waals surface area (Å²) in [5, 5.41) is 1.14. The molecule has 0 saturated carbocycles. The van der Waals surface area contributed by atoms with Crippen LogP contribution in [0.15, 0.2) is 53.0 Å². The number of fused-ring (bicyclic) bond motifs is 1. The number of carbonyl (C=O) groups excluding carboxylic acids is 1. The summed E-state index contributed by atoms with van der Waals surface area (Å²) >= 11 is 3.42. The van der Waals surface area contributed by atoms with E-state index >= 15 is 0 Å². The van der Waals surface area contributed by atoms with E-state index in [0.717, 1.165) is 21.1 Å². The third kappa shape index (κ3) is 2.97. The number of hydrogen-bond acceptors (Lipinski definition) is 2. The second kappa shape index (κ2) is 6.08. The predicted molar refractivity (Wildman–Crippen MR) is 97.4 cm³/mol. The monoisotopic (exact) mass is 371 g/mol. The van der Waals surface area contributed by atoms with Crippen molar-refractivity contribution >= 4 is 38.4 Å². The van der Waals surface area contributed by atoms with Gasteiger partial charge in [0.15, 0.2) is 0 Å². The number of nitrogens with zero attached hydrogens (tertiary/aromatic N) is 1. The molecule has 23 heavy (non-hydrogen) atoms. The topological polar surface area (TPSA) is 62.1 Å². The average molecular weight is 372 g/mol. The Morgan fingerprint density at radius 2 is 1.96 bits per heavy atom. The summed E-state index contributed by atoms with van der Waals surface area (Å²) in [4.78, 5) is 17.9. The lowest BCUT2D eigenvalue weighted by molar-refractivity contribution is 0.0739. The van der Waals surface area contributed by atoms with E-state index < -0.39 is 0 Å². The number of nitrogens with one attached hydrogen (secondary N) is 1. The fourth-order valence-electron chi connectivity index (χ4n) is 2.60. The molecule has 0 aliphatic heterocycles. The molecular formula is C18H18BrN3O. The number of aromatic amines is 1. The summed E-state index contributed by atoms with van der Waals surface area (Å²) in [7, 11) is 1.80. The number of nitrogen functional groups attached to an aromatic ring is 1. The summed E-state index contributed by atoms with van der Waals surface area (Å²) < 4.78 is 0.743. The molecule has 1 amide bonds. The molecule has 0 radical (unpaired) electrons. The number of anilines is 1. The van der Waals surface area contributed by atoms with E-state index in [4.69, 9.17) is 5.73 Å². The van der Waals surface area contributed by atoms with Crippen molar-refractivity contribution in [2.24, 2.45) is 0 Å². The third-order valence-electron chi connectivity index (χ3n) is 4.12. The number of carbonyl (C=O) groups is 1. The van der Waals surface area contributed by atoms with Crippen LogP contribution in [0.1, 0.15) is 29.0 Å². The molecule has 5 heteroatoms. The molecule has 1 heterocycles. The van der Waals surface area contributed by atoms with Gasteiger partial charge in [-0.15, -0.1) is 0 Å². The fraction of sp³-hybridized carbons (Fsp3) is 0.167. The molecule has 3 N–H and O–H groups in total. The van der Waals surface area contributed by atoms with Crippen LogP contribution in [-0.4, -0.2) is 22.8 Å². The molecule has 3 rings (SSSR count). The molecule has 118 valence electrons. The number of halogens is 1. The smallest absolute Gasteiger partial charge is 0.255 e. The van der Waals surface area contributed by atoms with E-state index in [1.165, 1.54) is 0 Å². The number of nitrogens with two attached hydrogens (primary N) is 1. The van der Waals surface area contributed by atoms with Crippen LogP contribution in [0.2, 0.25) is 0 Å². The van der Waals surface area contributed by atoms with Crippen molar-refractivity contribution in [1.82, 2.24) is 9.88 Å². The van der Waals surface area contributed by atoms with E-state index in [9.17, 15) is 4.79 Å². The highest BCUT2D eigenvalue weighted by atomic mass is 79.9. The van der Waals surface area contributed by atoms with Crippen LogP contribution in [0.4, 0.5) is 5.69 Å². The molecule has 1 aromatic heterocycles. The maximum Gasteiger partial charge on any atom is 0.255 e. The van der Waals surface area contributed by atoms with Gasteiger partial charge in [-0.1, -0.05) is 18.2 Å². The summed E-state index contributed by atoms with van der Waals surface area (Å²) in [6, 6.07) is 15.3. The van der Waals surface area contributed by atoms with Gasteiger partial charge < -0.3 is 15.6 Å².